The van der Waals surface area contributed by atoms with Crippen molar-refractivity contribution in [2.75, 3.05) is 30.5 Å². The fraction of sp³-hybridized carbons (Fsp3) is 0.529. The van der Waals surface area contributed by atoms with E-state index >= 15 is 0 Å². The Labute approximate surface area is 166 Å². The average Bonchev–Trinajstić information content (AvgIpc) is 2.57. The van der Waals surface area contributed by atoms with Crippen molar-refractivity contribution in [3.63, 3.8) is 0 Å². The molecule has 0 aliphatic rings. The van der Waals surface area contributed by atoms with Gasteiger partial charge in [0.15, 0.2) is 0 Å². The summed E-state index contributed by atoms with van der Waals surface area (Å²) in [6.45, 7) is 1.42. The van der Waals surface area contributed by atoms with E-state index in [1.54, 1.807) is 18.2 Å². The zero-order valence-electron chi connectivity index (χ0n) is 13.9. The number of thioether (sulfide) groups is 2. The molecule has 2 N–H and O–H groups in total. The molecule has 0 heterocycles. The maximum absolute atomic E-state index is 12.6. The topological polar surface area (TPSA) is 74.6 Å². The van der Waals surface area contributed by atoms with Gasteiger partial charge in [0.25, 0.3) is 0 Å². The van der Waals surface area contributed by atoms with E-state index in [1.165, 1.54) is 30.4 Å². The average molecular weight is 425 g/mol. The molecule has 140 valence electrons. The van der Waals surface area contributed by atoms with Crippen molar-refractivity contribution < 1.29 is 19.8 Å². The van der Waals surface area contributed by atoms with Crippen molar-refractivity contribution >= 4 is 58.3 Å². The fourth-order valence-electron chi connectivity index (χ4n) is 2.36. The lowest BCUT2D eigenvalue weighted by molar-refractivity contribution is -0.131. The number of aliphatic hydroxyl groups excluding tert-OH is 2. The van der Waals surface area contributed by atoms with Gasteiger partial charge in [-0.15, -0.1) is 0 Å². The smallest absolute Gasteiger partial charge is 0.145 e. The number of hydrogen-bond donors (Lipinski definition) is 2. The molecule has 0 fully saturated rings. The van der Waals surface area contributed by atoms with Gasteiger partial charge in [0.1, 0.15) is 11.6 Å². The van der Waals surface area contributed by atoms with Crippen molar-refractivity contribution in [3.05, 3.63) is 33.8 Å². The number of aliphatic hydroxyl groups is 2. The second-order valence-corrected chi connectivity index (χ2v) is 8.62. The molecular weight excluding hydrogens is 403 g/mol. The molecular formula is C17H22Cl2O4S2. The third-order valence-electron chi connectivity index (χ3n) is 3.48. The van der Waals surface area contributed by atoms with Gasteiger partial charge in [0.05, 0.1) is 29.2 Å². The Balaban J connectivity index is 3.02. The van der Waals surface area contributed by atoms with Gasteiger partial charge in [-0.3, -0.25) is 9.59 Å². The van der Waals surface area contributed by atoms with Crippen LogP contribution in [0, 0.1) is 5.92 Å². The van der Waals surface area contributed by atoms with Gasteiger partial charge in [-0.1, -0.05) is 29.3 Å². The summed E-state index contributed by atoms with van der Waals surface area (Å²) in [4.78, 5) is 24.8. The lowest BCUT2D eigenvalue weighted by Crippen LogP contribution is -2.28. The summed E-state index contributed by atoms with van der Waals surface area (Å²) < 4.78 is 0. The van der Waals surface area contributed by atoms with Crippen LogP contribution >= 0.6 is 46.7 Å². The number of halogens is 2. The Morgan fingerprint density at radius 1 is 1.08 bits per heavy atom. The zero-order chi connectivity index (χ0) is 18.8. The SMILES string of the molecule is CC(=O)[C@@H](C(=O)CCSCCO)[C@H](SCCO)c1ccc(Cl)c(Cl)c1. The monoisotopic (exact) mass is 424 g/mol. The maximum Gasteiger partial charge on any atom is 0.145 e. The van der Waals surface area contributed by atoms with Crippen molar-refractivity contribution in [1.82, 2.24) is 0 Å². The minimum atomic E-state index is -0.802. The van der Waals surface area contributed by atoms with E-state index in [0.29, 0.717) is 27.3 Å². The van der Waals surface area contributed by atoms with Gasteiger partial charge in [-0.05, 0) is 24.6 Å². The van der Waals surface area contributed by atoms with Crippen LogP contribution < -0.4 is 0 Å². The summed E-state index contributed by atoms with van der Waals surface area (Å²) in [6, 6.07) is 5.07. The third kappa shape index (κ3) is 7.49. The molecule has 0 unspecified atom stereocenters. The fourth-order valence-corrected chi connectivity index (χ4v) is 4.58. The molecule has 25 heavy (non-hydrogen) atoms. The molecule has 0 saturated heterocycles. The second-order valence-electron chi connectivity index (χ2n) is 5.33. The molecule has 1 aromatic carbocycles. The van der Waals surface area contributed by atoms with E-state index in [4.69, 9.17) is 33.4 Å². The molecule has 4 nitrogen and oxygen atoms in total. The standard InChI is InChI=1S/C17H22Cl2O4S2/c1-11(22)16(15(23)4-7-24-8-5-20)17(25-9-6-21)12-2-3-13(18)14(19)10-12/h2-3,10,16-17,20-21H,4-9H2,1H3/t16-,17+/m0/s1. The third-order valence-corrected chi connectivity index (χ3v) is 6.50. The molecule has 1 rings (SSSR count). The first-order valence-corrected chi connectivity index (χ1v) is 10.8. The molecule has 0 spiro atoms. The summed E-state index contributed by atoms with van der Waals surface area (Å²) >= 11 is 14.9. The highest BCUT2D eigenvalue weighted by Gasteiger charge is 2.33. The highest BCUT2D eigenvalue weighted by molar-refractivity contribution is 7.99. The van der Waals surface area contributed by atoms with E-state index in [0.717, 1.165) is 5.56 Å². The first kappa shape index (κ1) is 22.8. The summed E-state index contributed by atoms with van der Waals surface area (Å²) in [6.07, 6.45) is 0.256. The summed E-state index contributed by atoms with van der Waals surface area (Å²) in [7, 11) is 0. The number of rotatable bonds is 12. The molecule has 1 aromatic rings. The molecule has 0 amide bonds. The Morgan fingerprint density at radius 2 is 1.76 bits per heavy atom. The molecule has 0 radical (unpaired) electrons. The van der Waals surface area contributed by atoms with Crippen molar-refractivity contribution in [2.24, 2.45) is 5.92 Å². The molecule has 0 aromatic heterocycles. The number of carbonyl (C=O) groups is 2. The number of Topliss-reactive ketones (excluding diaryl/α,β-unsaturated/α-hetero) is 2. The highest BCUT2D eigenvalue weighted by atomic mass is 35.5. The molecule has 0 bridgehead atoms. The Kier molecular flexibility index (Phi) is 11.1. The zero-order valence-corrected chi connectivity index (χ0v) is 17.1. The Morgan fingerprint density at radius 3 is 2.32 bits per heavy atom. The number of hydrogen-bond acceptors (Lipinski definition) is 6. The molecule has 0 aliphatic heterocycles. The van der Waals surface area contributed by atoms with E-state index in [-0.39, 0.29) is 31.2 Å². The predicted molar refractivity (Wildman–Crippen MR) is 107 cm³/mol. The van der Waals surface area contributed by atoms with Crippen LogP contribution in [0.25, 0.3) is 0 Å². The summed E-state index contributed by atoms with van der Waals surface area (Å²) in [5.41, 5.74) is 0.740. The maximum atomic E-state index is 12.6. The largest absolute Gasteiger partial charge is 0.396 e. The van der Waals surface area contributed by atoms with Gasteiger partial charge < -0.3 is 10.2 Å². The summed E-state index contributed by atoms with van der Waals surface area (Å²) in [5.74, 6) is 0.373. The van der Waals surface area contributed by atoms with E-state index in [9.17, 15) is 9.59 Å². The van der Waals surface area contributed by atoms with Gasteiger partial charge in [0.2, 0.25) is 0 Å². The quantitative estimate of drug-likeness (QED) is 0.393. The van der Waals surface area contributed by atoms with Gasteiger partial charge in [-0.2, -0.15) is 23.5 Å². The normalized spacial score (nSPS) is 13.5. The second kappa shape index (κ2) is 12.2. The van der Waals surface area contributed by atoms with Gasteiger partial charge >= 0.3 is 0 Å². The van der Waals surface area contributed by atoms with Crippen LogP contribution in [-0.4, -0.2) is 52.3 Å². The van der Waals surface area contributed by atoms with Crippen LogP contribution in [0.2, 0.25) is 10.0 Å². The molecule has 0 aliphatic carbocycles. The van der Waals surface area contributed by atoms with E-state index in [1.807, 2.05) is 0 Å². The summed E-state index contributed by atoms with van der Waals surface area (Å²) in [5, 5.41) is 18.3. The van der Waals surface area contributed by atoms with Crippen molar-refractivity contribution in [1.29, 1.82) is 0 Å². The van der Waals surface area contributed by atoms with Crippen molar-refractivity contribution in [3.8, 4) is 0 Å². The first-order valence-electron chi connectivity index (χ1n) is 7.81. The lowest BCUT2D eigenvalue weighted by Gasteiger charge is -2.24. The lowest BCUT2D eigenvalue weighted by atomic mass is 9.90. The number of benzene rings is 1. The molecule has 8 heteroatoms. The van der Waals surface area contributed by atoms with Crippen LogP contribution in [0.3, 0.4) is 0 Å². The van der Waals surface area contributed by atoms with Gasteiger partial charge in [0, 0.05) is 28.9 Å². The number of ketones is 2. The van der Waals surface area contributed by atoms with E-state index < -0.39 is 11.2 Å². The van der Waals surface area contributed by atoms with Crippen LogP contribution in [0.15, 0.2) is 18.2 Å². The van der Waals surface area contributed by atoms with Crippen molar-refractivity contribution in [2.45, 2.75) is 18.6 Å². The molecule has 2 atom stereocenters. The van der Waals surface area contributed by atoms with Crippen LogP contribution in [0.4, 0.5) is 0 Å². The Bertz CT molecular complexity index is 584. The first-order chi connectivity index (χ1) is 11.9. The Hall–Kier alpha value is -0.240. The minimum absolute atomic E-state index is 0.0480. The predicted octanol–water partition coefficient (Wildman–Crippen LogP) is 3.65. The van der Waals surface area contributed by atoms with Crippen LogP contribution in [0.5, 0.6) is 0 Å². The van der Waals surface area contributed by atoms with Crippen LogP contribution in [0.1, 0.15) is 24.2 Å². The highest BCUT2D eigenvalue weighted by Crippen LogP contribution is 2.39. The number of carbonyl (C=O) groups excluding carboxylic acids is 2. The minimum Gasteiger partial charge on any atom is -0.396 e. The molecule has 0 saturated carbocycles. The van der Waals surface area contributed by atoms with Crippen LogP contribution in [-0.2, 0) is 9.59 Å². The van der Waals surface area contributed by atoms with Gasteiger partial charge in [-0.25, -0.2) is 0 Å². The van der Waals surface area contributed by atoms with E-state index in [2.05, 4.69) is 0 Å².